The molecular weight excluding hydrogens is 402 g/mol. The molecular formula is C28H24F2N2. The second-order valence-electron chi connectivity index (χ2n) is 7.86. The molecule has 3 aromatic carbocycles. The van der Waals surface area contributed by atoms with E-state index in [-0.39, 0.29) is 5.39 Å². The van der Waals surface area contributed by atoms with E-state index < -0.39 is 11.6 Å². The fourth-order valence-electron chi connectivity index (χ4n) is 3.52. The van der Waals surface area contributed by atoms with Gasteiger partial charge in [-0.05, 0) is 66.1 Å². The average Bonchev–Trinajstić information content (AvgIpc) is 2.84. The molecule has 0 fully saturated rings. The van der Waals surface area contributed by atoms with Gasteiger partial charge in [-0.15, -0.1) is 0 Å². The molecule has 0 spiro atoms. The molecule has 0 saturated carbocycles. The van der Waals surface area contributed by atoms with E-state index in [0.29, 0.717) is 5.39 Å². The lowest BCUT2D eigenvalue weighted by molar-refractivity contribution is 0.517. The van der Waals surface area contributed by atoms with E-state index in [2.05, 4.69) is 40.9 Å². The smallest absolute Gasteiger partial charge is 0.166 e. The van der Waals surface area contributed by atoms with Gasteiger partial charge in [0.15, 0.2) is 11.6 Å². The van der Waals surface area contributed by atoms with Crippen molar-refractivity contribution in [3.8, 4) is 11.8 Å². The van der Waals surface area contributed by atoms with E-state index in [4.69, 9.17) is 0 Å². The summed E-state index contributed by atoms with van der Waals surface area (Å²) in [7, 11) is 0. The largest absolute Gasteiger partial charge is 0.241 e. The summed E-state index contributed by atoms with van der Waals surface area (Å²) >= 11 is 0. The number of nitrogens with zero attached hydrogens (tertiary/aromatic N) is 2. The van der Waals surface area contributed by atoms with Crippen LogP contribution in [0, 0.1) is 23.5 Å². The zero-order chi connectivity index (χ0) is 22.3. The highest BCUT2D eigenvalue weighted by atomic mass is 19.2. The third-order valence-corrected chi connectivity index (χ3v) is 5.43. The van der Waals surface area contributed by atoms with Gasteiger partial charge < -0.3 is 0 Å². The summed E-state index contributed by atoms with van der Waals surface area (Å²) in [6, 6.07) is 15.9. The van der Waals surface area contributed by atoms with Crippen molar-refractivity contribution < 1.29 is 8.78 Å². The standard InChI is InChI=1S/C28H24F2N2/c1-2-3-4-23-18-31-27(32-19-23)16-12-21-7-5-20(6-8-21)9-10-22-11-14-25-24(17-22)13-15-26(29)28(25)30/h5-8,11,13-15,17-19H,2-4,12,16H2,1H3. The summed E-state index contributed by atoms with van der Waals surface area (Å²) in [6.45, 7) is 2.18. The maximum atomic E-state index is 13.8. The first-order valence-electron chi connectivity index (χ1n) is 10.9. The van der Waals surface area contributed by atoms with Crippen molar-refractivity contribution in [3.63, 3.8) is 0 Å². The van der Waals surface area contributed by atoms with Crippen LogP contribution < -0.4 is 0 Å². The molecule has 0 radical (unpaired) electrons. The van der Waals surface area contributed by atoms with Crippen molar-refractivity contribution >= 4 is 10.8 Å². The van der Waals surface area contributed by atoms with Crippen LogP contribution in [0.25, 0.3) is 10.8 Å². The lowest BCUT2D eigenvalue weighted by atomic mass is 10.1. The van der Waals surface area contributed by atoms with Gasteiger partial charge in [0, 0.05) is 35.3 Å². The zero-order valence-electron chi connectivity index (χ0n) is 18.0. The molecule has 4 rings (SSSR count). The minimum Gasteiger partial charge on any atom is -0.241 e. The Labute approximate surface area is 187 Å². The fourth-order valence-corrected chi connectivity index (χ4v) is 3.52. The van der Waals surface area contributed by atoms with Crippen LogP contribution in [0.4, 0.5) is 8.78 Å². The van der Waals surface area contributed by atoms with E-state index in [1.807, 2.05) is 24.5 Å². The Morgan fingerprint density at radius 3 is 2.22 bits per heavy atom. The predicted molar refractivity (Wildman–Crippen MR) is 124 cm³/mol. The van der Waals surface area contributed by atoms with Crippen molar-refractivity contribution in [3.05, 3.63) is 107 Å². The molecule has 4 heteroatoms. The van der Waals surface area contributed by atoms with Crippen LogP contribution in [-0.4, -0.2) is 9.97 Å². The normalized spacial score (nSPS) is 10.7. The lowest BCUT2D eigenvalue weighted by Crippen LogP contribution is -1.99. The molecule has 2 nitrogen and oxygen atoms in total. The van der Waals surface area contributed by atoms with E-state index >= 15 is 0 Å². The molecule has 0 amide bonds. The number of fused-ring (bicyclic) bond motifs is 1. The van der Waals surface area contributed by atoms with E-state index in [9.17, 15) is 8.78 Å². The van der Waals surface area contributed by atoms with Crippen LogP contribution in [0.15, 0.2) is 67.0 Å². The highest BCUT2D eigenvalue weighted by molar-refractivity contribution is 5.84. The van der Waals surface area contributed by atoms with E-state index in [1.165, 1.54) is 17.5 Å². The fraction of sp³-hybridized carbons (Fsp3) is 0.214. The Morgan fingerprint density at radius 2 is 1.47 bits per heavy atom. The van der Waals surface area contributed by atoms with Gasteiger partial charge in [0.1, 0.15) is 5.82 Å². The molecule has 1 heterocycles. The van der Waals surface area contributed by atoms with Gasteiger partial charge in [0.05, 0.1) is 0 Å². The van der Waals surface area contributed by atoms with Crippen molar-refractivity contribution in [1.29, 1.82) is 0 Å². The molecule has 0 atom stereocenters. The summed E-state index contributed by atoms with van der Waals surface area (Å²) in [5, 5.41) is 0.895. The van der Waals surface area contributed by atoms with Gasteiger partial charge in [-0.1, -0.05) is 49.5 Å². The van der Waals surface area contributed by atoms with E-state index in [1.54, 1.807) is 24.3 Å². The average molecular weight is 427 g/mol. The quantitative estimate of drug-likeness (QED) is 0.332. The first kappa shape index (κ1) is 21.6. The van der Waals surface area contributed by atoms with Crippen molar-refractivity contribution in [2.75, 3.05) is 0 Å². The number of aryl methyl sites for hydroxylation is 3. The van der Waals surface area contributed by atoms with Crippen molar-refractivity contribution in [2.24, 2.45) is 0 Å². The SMILES string of the molecule is CCCCc1cnc(CCc2ccc(C#Cc3ccc4c(F)c(F)ccc4c3)cc2)nc1. The molecule has 0 unspecified atom stereocenters. The van der Waals surface area contributed by atoms with Crippen LogP contribution in [0.1, 0.15) is 47.8 Å². The molecule has 0 aliphatic carbocycles. The number of halogens is 2. The minimum atomic E-state index is -0.841. The number of unbranched alkanes of at least 4 members (excludes halogenated alkanes) is 1. The third-order valence-electron chi connectivity index (χ3n) is 5.43. The first-order chi connectivity index (χ1) is 15.6. The highest BCUT2D eigenvalue weighted by Gasteiger charge is 2.06. The van der Waals surface area contributed by atoms with Crippen LogP contribution in [0.2, 0.25) is 0 Å². The number of hydrogen-bond donors (Lipinski definition) is 0. The van der Waals surface area contributed by atoms with Crippen LogP contribution >= 0.6 is 0 Å². The lowest BCUT2D eigenvalue weighted by Gasteiger charge is -2.03. The van der Waals surface area contributed by atoms with Gasteiger partial charge >= 0.3 is 0 Å². The maximum Gasteiger partial charge on any atom is 0.166 e. The van der Waals surface area contributed by atoms with Gasteiger partial charge in [-0.3, -0.25) is 0 Å². The molecule has 160 valence electrons. The Bertz CT molecular complexity index is 1270. The monoisotopic (exact) mass is 426 g/mol. The molecule has 0 aliphatic rings. The second kappa shape index (κ2) is 10.2. The second-order valence-corrected chi connectivity index (χ2v) is 7.86. The van der Waals surface area contributed by atoms with Gasteiger partial charge in [0.25, 0.3) is 0 Å². The Balaban J connectivity index is 1.38. The number of rotatable bonds is 6. The first-order valence-corrected chi connectivity index (χ1v) is 10.9. The molecule has 0 saturated heterocycles. The maximum absolute atomic E-state index is 13.8. The van der Waals surface area contributed by atoms with Crippen LogP contribution in [-0.2, 0) is 19.3 Å². The van der Waals surface area contributed by atoms with Gasteiger partial charge in [0.2, 0.25) is 0 Å². The van der Waals surface area contributed by atoms with Gasteiger partial charge in [-0.25, -0.2) is 18.7 Å². The molecule has 1 aromatic heterocycles. The molecule has 4 aromatic rings. The van der Waals surface area contributed by atoms with Crippen LogP contribution in [0.5, 0.6) is 0 Å². The van der Waals surface area contributed by atoms with Crippen LogP contribution in [0.3, 0.4) is 0 Å². The zero-order valence-corrected chi connectivity index (χ0v) is 18.0. The van der Waals surface area contributed by atoms with Gasteiger partial charge in [-0.2, -0.15) is 0 Å². The Morgan fingerprint density at radius 1 is 0.750 bits per heavy atom. The van der Waals surface area contributed by atoms with E-state index in [0.717, 1.165) is 48.7 Å². The summed E-state index contributed by atoms with van der Waals surface area (Å²) in [6.07, 6.45) is 8.92. The molecule has 0 N–H and O–H groups in total. The summed E-state index contributed by atoms with van der Waals surface area (Å²) in [4.78, 5) is 8.96. The summed E-state index contributed by atoms with van der Waals surface area (Å²) in [5.74, 6) is 5.43. The third kappa shape index (κ3) is 5.36. The Hall–Kier alpha value is -3.58. The number of benzene rings is 3. The molecule has 0 bridgehead atoms. The predicted octanol–water partition coefficient (Wildman–Crippen LogP) is 6.44. The minimum absolute atomic E-state index is 0.263. The van der Waals surface area contributed by atoms with Crippen molar-refractivity contribution in [1.82, 2.24) is 9.97 Å². The molecule has 0 aliphatic heterocycles. The van der Waals surface area contributed by atoms with Crippen molar-refractivity contribution in [2.45, 2.75) is 39.0 Å². The summed E-state index contributed by atoms with van der Waals surface area (Å²) < 4.78 is 27.2. The highest BCUT2D eigenvalue weighted by Crippen LogP contribution is 2.21. The number of hydrogen-bond acceptors (Lipinski definition) is 2. The summed E-state index contributed by atoms with van der Waals surface area (Å²) in [5.41, 5.74) is 4.06. The number of aromatic nitrogens is 2. The molecule has 32 heavy (non-hydrogen) atoms. The Kier molecular flexibility index (Phi) is 6.87. The topological polar surface area (TPSA) is 25.8 Å².